The first-order valence-electron chi connectivity index (χ1n) is 8.80. The number of carbonyl (C=O) groups is 1. The maximum atomic E-state index is 14.4. The number of carbonyl (C=O) groups excluding carboxylic acids is 1. The third-order valence-electron chi connectivity index (χ3n) is 6.18. The molecule has 3 fully saturated rings. The SMILES string of the molecule is [B]c1cc(F)c2c(C(=O)NCC34CCC(CC3)CC4)cn(C)c2c1. The van der Waals surface area contributed by atoms with Crippen LogP contribution in [-0.2, 0) is 7.05 Å². The van der Waals surface area contributed by atoms with Crippen molar-refractivity contribution in [1.29, 1.82) is 0 Å². The molecule has 0 saturated heterocycles. The summed E-state index contributed by atoms with van der Waals surface area (Å²) >= 11 is 0. The maximum absolute atomic E-state index is 14.4. The summed E-state index contributed by atoms with van der Waals surface area (Å²) in [6.45, 7) is 0.700. The van der Waals surface area contributed by atoms with Crippen LogP contribution in [0.25, 0.3) is 10.9 Å². The van der Waals surface area contributed by atoms with E-state index in [1.165, 1.54) is 44.6 Å². The molecule has 3 nitrogen and oxygen atoms in total. The lowest BCUT2D eigenvalue weighted by Crippen LogP contribution is -2.43. The highest BCUT2D eigenvalue weighted by Crippen LogP contribution is 2.49. The average molecular weight is 324 g/mol. The lowest BCUT2D eigenvalue weighted by atomic mass is 9.61. The Balaban J connectivity index is 1.58. The summed E-state index contributed by atoms with van der Waals surface area (Å²) in [6.07, 6.45) is 9.18. The van der Waals surface area contributed by atoms with Crippen molar-refractivity contribution in [2.75, 3.05) is 6.54 Å². The van der Waals surface area contributed by atoms with E-state index in [2.05, 4.69) is 5.32 Å². The number of hydrogen-bond acceptors (Lipinski definition) is 1. The molecule has 3 aliphatic rings. The summed E-state index contributed by atoms with van der Waals surface area (Å²) < 4.78 is 16.1. The van der Waals surface area contributed by atoms with Gasteiger partial charge in [0.1, 0.15) is 13.7 Å². The van der Waals surface area contributed by atoms with Gasteiger partial charge in [-0.25, -0.2) is 4.39 Å². The van der Waals surface area contributed by atoms with Gasteiger partial charge in [0, 0.05) is 25.2 Å². The Bertz CT molecular complexity index is 792. The van der Waals surface area contributed by atoms with Crippen molar-refractivity contribution >= 4 is 30.1 Å². The molecular formula is C19H22BFN2O. The summed E-state index contributed by atoms with van der Waals surface area (Å²) in [5.41, 5.74) is 1.67. The van der Waals surface area contributed by atoms with E-state index >= 15 is 0 Å². The normalized spacial score (nSPS) is 26.0. The van der Waals surface area contributed by atoms with Gasteiger partial charge >= 0.3 is 0 Å². The van der Waals surface area contributed by atoms with E-state index in [9.17, 15) is 9.18 Å². The van der Waals surface area contributed by atoms with Gasteiger partial charge in [-0.3, -0.25) is 4.79 Å². The molecule has 0 spiro atoms. The number of benzene rings is 1. The molecule has 24 heavy (non-hydrogen) atoms. The Morgan fingerprint density at radius 1 is 1.33 bits per heavy atom. The molecule has 2 radical (unpaired) electrons. The van der Waals surface area contributed by atoms with E-state index < -0.39 is 5.82 Å². The highest BCUT2D eigenvalue weighted by atomic mass is 19.1. The molecule has 1 aromatic carbocycles. The third-order valence-corrected chi connectivity index (χ3v) is 6.18. The lowest BCUT2D eigenvalue weighted by molar-refractivity contribution is 0.0598. The molecule has 3 aliphatic carbocycles. The van der Waals surface area contributed by atoms with Crippen LogP contribution in [-0.4, -0.2) is 24.9 Å². The number of halogens is 1. The summed E-state index contributed by atoms with van der Waals surface area (Å²) in [6, 6.07) is 2.98. The van der Waals surface area contributed by atoms with Gasteiger partial charge < -0.3 is 9.88 Å². The monoisotopic (exact) mass is 324 g/mol. The number of amides is 1. The molecular weight excluding hydrogens is 302 g/mol. The van der Waals surface area contributed by atoms with Gasteiger partial charge in [-0.2, -0.15) is 0 Å². The first-order valence-corrected chi connectivity index (χ1v) is 8.80. The highest BCUT2D eigenvalue weighted by Gasteiger charge is 2.40. The van der Waals surface area contributed by atoms with Crippen molar-refractivity contribution in [3.05, 3.63) is 29.7 Å². The van der Waals surface area contributed by atoms with Crippen molar-refractivity contribution in [3.63, 3.8) is 0 Å². The zero-order valence-electron chi connectivity index (χ0n) is 14.1. The Kier molecular flexibility index (Phi) is 3.70. The number of aryl methyl sites for hydroxylation is 1. The second-order valence-corrected chi connectivity index (χ2v) is 7.72. The smallest absolute Gasteiger partial charge is 0.253 e. The van der Waals surface area contributed by atoms with Gasteiger partial charge in [0.2, 0.25) is 0 Å². The fraction of sp³-hybridized carbons (Fsp3) is 0.526. The number of nitrogens with one attached hydrogen (secondary N) is 1. The number of nitrogens with zero attached hydrogens (tertiary/aromatic N) is 1. The molecule has 124 valence electrons. The van der Waals surface area contributed by atoms with Crippen LogP contribution in [0.4, 0.5) is 4.39 Å². The van der Waals surface area contributed by atoms with Gasteiger partial charge in [-0.1, -0.05) is 5.46 Å². The van der Waals surface area contributed by atoms with Crippen molar-refractivity contribution in [2.24, 2.45) is 18.4 Å². The quantitative estimate of drug-likeness (QED) is 0.866. The predicted octanol–water partition coefficient (Wildman–Crippen LogP) is 2.81. The molecule has 1 N–H and O–H groups in total. The lowest BCUT2D eigenvalue weighted by Gasteiger charge is -2.46. The van der Waals surface area contributed by atoms with E-state index in [-0.39, 0.29) is 11.3 Å². The first-order chi connectivity index (χ1) is 11.5. The van der Waals surface area contributed by atoms with E-state index in [4.69, 9.17) is 7.85 Å². The predicted molar refractivity (Wildman–Crippen MR) is 94.2 cm³/mol. The van der Waals surface area contributed by atoms with Gasteiger partial charge in [0.05, 0.1) is 11.1 Å². The minimum absolute atomic E-state index is 0.189. The molecule has 1 amide bonds. The first kappa shape index (κ1) is 15.7. The number of fused-ring (bicyclic) bond motifs is 4. The minimum Gasteiger partial charge on any atom is -0.351 e. The van der Waals surface area contributed by atoms with E-state index in [0.717, 1.165) is 5.92 Å². The van der Waals surface area contributed by atoms with Crippen LogP contribution in [0.15, 0.2) is 18.3 Å². The molecule has 1 aromatic heterocycles. The number of hydrogen-bond donors (Lipinski definition) is 1. The van der Waals surface area contributed by atoms with Crippen LogP contribution < -0.4 is 10.8 Å². The van der Waals surface area contributed by atoms with E-state index in [1.54, 1.807) is 23.9 Å². The third kappa shape index (κ3) is 2.54. The summed E-state index contributed by atoms with van der Waals surface area (Å²) in [4.78, 5) is 12.7. The topological polar surface area (TPSA) is 34.0 Å². The van der Waals surface area contributed by atoms with Crippen LogP contribution in [0.3, 0.4) is 0 Å². The zero-order valence-corrected chi connectivity index (χ0v) is 14.1. The van der Waals surface area contributed by atoms with E-state index in [1.807, 2.05) is 0 Å². The molecule has 5 heteroatoms. The van der Waals surface area contributed by atoms with Crippen molar-refractivity contribution < 1.29 is 9.18 Å². The van der Waals surface area contributed by atoms with Gasteiger partial charge in [-0.15, -0.1) is 0 Å². The summed E-state index contributed by atoms with van der Waals surface area (Å²) in [7, 11) is 7.53. The van der Waals surface area contributed by atoms with Crippen molar-refractivity contribution in [3.8, 4) is 0 Å². The molecule has 2 bridgehead atoms. The maximum Gasteiger partial charge on any atom is 0.253 e. The van der Waals surface area contributed by atoms with Crippen LogP contribution in [0, 0.1) is 17.2 Å². The number of rotatable bonds is 3. The largest absolute Gasteiger partial charge is 0.351 e. The Labute approximate surface area is 143 Å². The van der Waals surface area contributed by atoms with Crippen molar-refractivity contribution in [2.45, 2.75) is 38.5 Å². The van der Waals surface area contributed by atoms with Gasteiger partial charge in [0.15, 0.2) is 0 Å². The molecule has 2 aromatic rings. The Morgan fingerprint density at radius 3 is 2.67 bits per heavy atom. The van der Waals surface area contributed by atoms with E-state index in [0.29, 0.717) is 28.5 Å². The molecule has 0 aliphatic heterocycles. The van der Waals surface area contributed by atoms with Crippen LogP contribution in [0.1, 0.15) is 48.9 Å². The van der Waals surface area contributed by atoms with Gasteiger partial charge in [-0.05, 0) is 62.0 Å². The fourth-order valence-corrected chi connectivity index (χ4v) is 4.62. The van der Waals surface area contributed by atoms with Crippen LogP contribution in [0.2, 0.25) is 0 Å². The minimum atomic E-state index is -0.438. The molecule has 0 unspecified atom stereocenters. The molecule has 3 saturated carbocycles. The number of aromatic nitrogens is 1. The second-order valence-electron chi connectivity index (χ2n) is 7.72. The fourth-order valence-electron chi connectivity index (χ4n) is 4.62. The molecule has 1 heterocycles. The highest BCUT2D eigenvalue weighted by molar-refractivity contribution is 6.33. The second kappa shape index (κ2) is 5.64. The molecule has 0 atom stereocenters. The Hall–Kier alpha value is -1.78. The summed E-state index contributed by atoms with van der Waals surface area (Å²) in [5.74, 6) is 0.277. The van der Waals surface area contributed by atoms with Crippen LogP contribution in [0.5, 0.6) is 0 Å². The van der Waals surface area contributed by atoms with Crippen molar-refractivity contribution in [1.82, 2.24) is 9.88 Å². The van der Waals surface area contributed by atoms with Gasteiger partial charge in [0.25, 0.3) is 5.91 Å². The average Bonchev–Trinajstić information content (AvgIpc) is 2.92. The van der Waals surface area contributed by atoms with Crippen LogP contribution >= 0.6 is 0 Å². The molecule has 5 rings (SSSR count). The zero-order chi connectivity index (χ0) is 16.9. The summed E-state index contributed by atoms with van der Waals surface area (Å²) in [5, 5.41) is 3.44. The standard InChI is InChI=1S/C19H22BFN2O/c1-23-10-14(17-15(21)8-13(20)9-16(17)23)18(24)22-11-19-5-2-12(3-6-19)4-7-19/h8-10,12H,2-7,11H2,1H3,(H,22,24). The Morgan fingerprint density at radius 2 is 2.00 bits per heavy atom.